The van der Waals surface area contributed by atoms with Crippen LogP contribution in [0.3, 0.4) is 0 Å². The molecule has 1 fully saturated rings. The van der Waals surface area contributed by atoms with Crippen LogP contribution in [0.15, 0.2) is 18.2 Å². The standard InChI is InChI=1S/C20H24ClN5O2/c1-13-5-6-14(11-16(13)21)22-20(28)26-10-7-17-15(12-26)18(23-24(17)2)19(27)25-8-3-4-9-25/h5-6,11H,3-4,7-10,12H2,1-2H3,(H,22,28). The lowest BCUT2D eigenvalue weighted by atomic mass is 10.0. The largest absolute Gasteiger partial charge is 0.337 e. The maximum absolute atomic E-state index is 12.9. The molecule has 3 heterocycles. The summed E-state index contributed by atoms with van der Waals surface area (Å²) in [6.07, 6.45) is 2.75. The Morgan fingerprint density at radius 2 is 1.89 bits per heavy atom. The van der Waals surface area contributed by atoms with Gasteiger partial charge in [0.05, 0.1) is 6.54 Å². The van der Waals surface area contributed by atoms with Crippen molar-refractivity contribution in [3.63, 3.8) is 0 Å². The van der Waals surface area contributed by atoms with Gasteiger partial charge in [-0.1, -0.05) is 17.7 Å². The topological polar surface area (TPSA) is 70.5 Å². The first kappa shape index (κ1) is 18.8. The van der Waals surface area contributed by atoms with Crippen LogP contribution >= 0.6 is 11.6 Å². The fraction of sp³-hybridized carbons (Fsp3) is 0.450. The van der Waals surface area contributed by atoms with Gasteiger partial charge in [-0.15, -0.1) is 0 Å². The molecule has 4 rings (SSSR count). The second kappa shape index (κ2) is 7.47. The number of urea groups is 1. The summed E-state index contributed by atoms with van der Waals surface area (Å²) < 4.78 is 1.79. The number of aromatic nitrogens is 2. The molecule has 148 valence electrons. The molecule has 0 saturated carbocycles. The second-order valence-electron chi connectivity index (χ2n) is 7.46. The van der Waals surface area contributed by atoms with Gasteiger partial charge in [0, 0.05) is 55.1 Å². The fourth-order valence-electron chi connectivity index (χ4n) is 3.88. The fourth-order valence-corrected chi connectivity index (χ4v) is 4.06. The van der Waals surface area contributed by atoms with Crippen LogP contribution in [-0.2, 0) is 20.0 Å². The van der Waals surface area contributed by atoms with Gasteiger partial charge in [0.25, 0.3) is 5.91 Å². The highest BCUT2D eigenvalue weighted by Gasteiger charge is 2.32. The van der Waals surface area contributed by atoms with Crippen molar-refractivity contribution in [2.45, 2.75) is 32.7 Å². The minimum Gasteiger partial charge on any atom is -0.337 e. The van der Waals surface area contributed by atoms with E-state index in [4.69, 9.17) is 11.6 Å². The predicted molar refractivity (Wildman–Crippen MR) is 108 cm³/mol. The molecule has 0 unspecified atom stereocenters. The highest BCUT2D eigenvalue weighted by atomic mass is 35.5. The molecule has 0 radical (unpaired) electrons. The predicted octanol–water partition coefficient (Wildman–Crippen LogP) is 3.21. The van der Waals surface area contributed by atoms with E-state index in [-0.39, 0.29) is 11.9 Å². The van der Waals surface area contributed by atoms with E-state index in [9.17, 15) is 9.59 Å². The lowest BCUT2D eigenvalue weighted by Crippen LogP contribution is -2.40. The number of aryl methyl sites for hydroxylation is 2. The molecule has 2 aliphatic heterocycles. The number of nitrogens with zero attached hydrogens (tertiary/aromatic N) is 4. The summed E-state index contributed by atoms with van der Waals surface area (Å²) in [5.41, 5.74) is 4.00. The van der Waals surface area contributed by atoms with Crippen LogP contribution in [0, 0.1) is 6.92 Å². The Morgan fingerprint density at radius 3 is 2.61 bits per heavy atom. The molecule has 0 atom stereocenters. The number of anilines is 1. The molecule has 28 heavy (non-hydrogen) atoms. The number of likely N-dealkylation sites (tertiary alicyclic amines) is 1. The molecule has 2 aliphatic rings. The molecule has 0 bridgehead atoms. The third-order valence-electron chi connectivity index (χ3n) is 5.55. The Morgan fingerprint density at radius 1 is 1.14 bits per heavy atom. The number of hydrogen-bond donors (Lipinski definition) is 1. The lowest BCUT2D eigenvalue weighted by Gasteiger charge is -2.28. The molecule has 7 nitrogen and oxygen atoms in total. The smallest absolute Gasteiger partial charge is 0.322 e. The second-order valence-corrected chi connectivity index (χ2v) is 7.87. The number of nitrogens with one attached hydrogen (secondary N) is 1. The van der Waals surface area contributed by atoms with Crippen molar-refractivity contribution in [1.29, 1.82) is 0 Å². The lowest BCUT2D eigenvalue weighted by molar-refractivity contribution is 0.0784. The Balaban J connectivity index is 1.52. The van der Waals surface area contributed by atoms with Gasteiger partial charge in [-0.05, 0) is 37.5 Å². The van der Waals surface area contributed by atoms with E-state index in [1.165, 1.54) is 0 Å². The van der Waals surface area contributed by atoms with E-state index in [1.807, 2.05) is 31.0 Å². The van der Waals surface area contributed by atoms with Crippen molar-refractivity contribution in [3.05, 3.63) is 45.7 Å². The zero-order chi connectivity index (χ0) is 19.8. The van der Waals surface area contributed by atoms with Crippen molar-refractivity contribution in [2.24, 2.45) is 7.05 Å². The zero-order valence-corrected chi connectivity index (χ0v) is 16.9. The Labute approximate surface area is 169 Å². The minimum atomic E-state index is -0.200. The number of halogens is 1. The summed E-state index contributed by atoms with van der Waals surface area (Å²) in [7, 11) is 1.86. The van der Waals surface area contributed by atoms with Gasteiger partial charge < -0.3 is 15.1 Å². The SMILES string of the molecule is Cc1ccc(NC(=O)N2CCc3c(c(C(=O)N4CCCC4)nn3C)C2)cc1Cl. The van der Waals surface area contributed by atoms with Crippen LogP contribution in [-0.4, -0.2) is 51.2 Å². The molecule has 2 aromatic rings. The van der Waals surface area contributed by atoms with Crippen molar-refractivity contribution >= 4 is 29.2 Å². The average molecular weight is 402 g/mol. The van der Waals surface area contributed by atoms with Gasteiger partial charge in [-0.2, -0.15) is 5.10 Å². The summed E-state index contributed by atoms with van der Waals surface area (Å²) in [6, 6.07) is 5.26. The molecule has 1 N–H and O–H groups in total. The monoisotopic (exact) mass is 401 g/mol. The van der Waals surface area contributed by atoms with Crippen LogP contribution in [0.2, 0.25) is 5.02 Å². The van der Waals surface area contributed by atoms with Gasteiger partial charge >= 0.3 is 6.03 Å². The van der Waals surface area contributed by atoms with Gasteiger partial charge in [0.1, 0.15) is 0 Å². The number of amides is 3. The van der Waals surface area contributed by atoms with E-state index in [2.05, 4.69) is 10.4 Å². The normalized spacial score (nSPS) is 16.2. The van der Waals surface area contributed by atoms with Gasteiger partial charge in [0.2, 0.25) is 0 Å². The Kier molecular flexibility index (Phi) is 5.02. The van der Waals surface area contributed by atoms with Gasteiger partial charge in [0.15, 0.2) is 5.69 Å². The van der Waals surface area contributed by atoms with E-state index in [0.29, 0.717) is 35.9 Å². The van der Waals surface area contributed by atoms with E-state index in [1.54, 1.807) is 15.6 Å². The molecule has 1 aromatic carbocycles. The molecule has 0 aliphatic carbocycles. The van der Waals surface area contributed by atoms with Crippen LogP contribution < -0.4 is 5.32 Å². The number of carbonyl (C=O) groups excluding carboxylic acids is 2. The van der Waals surface area contributed by atoms with Gasteiger partial charge in [-0.3, -0.25) is 9.48 Å². The minimum absolute atomic E-state index is 0.0260. The first-order chi connectivity index (χ1) is 13.4. The first-order valence-corrected chi connectivity index (χ1v) is 9.98. The molecule has 1 saturated heterocycles. The maximum Gasteiger partial charge on any atom is 0.322 e. The third-order valence-corrected chi connectivity index (χ3v) is 5.96. The number of carbonyl (C=O) groups is 2. The highest BCUT2D eigenvalue weighted by molar-refractivity contribution is 6.31. The van der Waals surface area contributed by atoms with E-state index < -0.39 is 0 Å². The van der Waals surface area contributed by atoms with Crippen LogP contribution in [0.25, 0.3) is 0 Å². The number of hydrogen-bond acceptors (Lipinski definition) is 3. The summed E-state index contributed by atoms with van der Waals surface area (Å²) in [4.78, 5) is 29.2. The molecule has 8 heteroatoms. The van der Waals surface area contributed by atoms with Crippen LogP contribution in [0.5, 0.6) is 0 Å². The van der Waals surface area contributed by atoms with Crippen molar-refractivity contribution in [2.75, 3.05) is 25.0 Å². The molecular formula is C20H24ClN5O2. The Bertz CT molecular complexity index is 933. The number of fused-ring (bicyclic) bond motifs is 1. The highest BCUT2D eigenvalue weighted by Crippen LogP contribution is 2.26. The maximum atomic E-state index is 12.9. The zero-order valence-electron chi connectivity index (χ0n) is 16.2. The van der Waals surface area contributed by atoms with Crippen LogP contribution in [0.4, 0.5) is 10.5 Å². The third kappa shape index (κ3) is 3.46. The number of rotatable bonds is 2. The van der Waals surface area contributed by atoms with Crippen LogP contribution in [0.1, 0.15) is 40.2 Å². The summed E-state index contributed by atoms with van der Waals surface area (Å²) in [5.74, 6) is -0.0260. The summed E-state index contributed by atoms with van der Waals surface area (Å²) in [6.45, 7) is 4.44. The summed E-state index contributed by atoms with van der Waals surface area (Å²) >= 11 is 6.15. The molecule has 3 amide bonds. The Hall–Kier alpha value is -2.54. The van der Waals surface area contributed by atoms with Crippen molar-refractivity contribution in [3.8, 4) is 0 Å². The molecule has 1 aromatic heterocycles. The van der Waals surface area contributed by atoms with Crippen molar-refractivity contribution < 1.29 is 9.59 Å². The van der Waals surface area contributed by atoms with Gasteiger partial charge in [-0.25, -0.2) is 4.79 Å². The first-order valence-electron chi connectivity index (χ1n) is 9.60. The molecular weight excluding hydrogens is 378 g/mol. The molecule has 0 spiro atoms. The average Bonchev–Trinajstić information content (AvgIpc) is 3.32. The van der Waals surface area contributed by atoms with Crippen molar-refractivity contribution in [1.82, 2.24) is 19.6 Å². The number of benzene rings is 1. The van der Waals surface area contributed by atoms with E-state index >= 15 is 0 Å². The summed E-state index contributed by atoms with van der Waals surface area (Å²) in [5, 5.41) is 8.00. The van der Waals surface area contributed by atoms with E-state index in [0.717, 1.165) is 42.8 Å². The quantitative estimate of drug-likeness (QED) is 0.839.